The van der Waals surface area contributed by atoms with Crippen molar-refractivity contribution in [3.63, 3.8) is 0 Å². The zero-order valence-electron chi connectivity index (χ0n) is 13.1. The molecular formula is C18H16F2N2O2. The van der Waals surface area contributed by atoms with Crippen LogP contribution in [-0.4, -0.2) is 17.7 Å². The van der Waals surface area contributed by atoms with Crippen molar-refractivity contribution >= 4 is 11.6 Å². The first-order chi connectivity index (χ1) is 11.5. The molecule has 1 unspecified atom stereocenters. The lowest BCUT2D eigenvalue weighted by Crippen LogP contribution is -2.34. The molecule has 0 aliphatic carbocycles. The van der Waals surface area contributed by atoms with E-state index in [2.05, 4.69) is 10.5 Å². The molecule has 0 bridgehead atoms. The molecule has 0 saturated carbocycles. The molecule has 1 N–H and O–H groups in total. The molecule has 1 aliphatic rings. The van der Waals surface area contributed by atoms with Crippen LogP contribution in [-0.2, 0) is 16.2 Å². The van der Waals surface area contributed by atoms with Crippen LogP contribution in [0.1, 0.15) is 23.1 Å². The number of benzene rings is 2. The molecule has 1 atom stereocenters. The molecule has 3 rings (SSSR count). The van der Waals surface area contributed by atoms with E-state index in [1.807, 2.05) is 0 Å². The second-order valence-electron chi connectivity index (χ2n) is 5.65. The monoisotopic (exact) mass is 330 g/mol. The number of hydrogen-bond acceptors (Lipinski definition) is 3. The van der Waals surface area contributed by atoms with Gasteiger partial charge in [-0.3, -0.25) is 4.79 Å². The average molecular weight is 330 g/mol. The van der Waals surface area contributed by atoms with Crippen LogP contribution in [0.4, 0.5) is 8.78 Å². The first-order valence-corrected chi connectivity index (χ1v) is 7.54. The van der Waals surface area contributed by atoms with Gasteiger partial charge in [-0.1, -0.05) is 29.4 Å². The first kappa shape index (κ1) is 16.1. The standard InChI is InChI=1S/C18H16F2N2O2/c1-11-5-6-12(7-15(11)20)10-21-18(23)17-9-16(22-24-17)13-3-2-4-14(19)8-13/h2-8,17H,9-10H2,1H3,(H,21,23). The van der Waals surface area contributed by atoms with Gasteiger partial charge in [0.2, 0.25) is 6.10 Å². The van der Waals surface area contributed by atoms with Crippen molar-refractivity contribution in [3.8, 4) is 0 Å². The Bertz CT molecular complexity index is 805. The van der Waals surface area contributed by atoms with Crippen molar-refractivity contribution in [2.45, 2.75) is 26.0 Å². The summed E-state index contributed by atoms with van der Waals surface area (Å²) in [5.74, 6) is -1.02. The van der Waals surface area contributed by atoms with Gasteiger partial charge in [-0.05, 0) is 36.2 Å². The summed E-state index contributed by atoms with van der Waals surface area (Å²) < 4.78 is 26.7. The van der Waals surface area contributed by atoms with Crippen LogP contribution in [0, 0.1) is 18.6 Å². The second-order valence-corrected chi connectivity index (χ2v) is 5.65. The number of halogens is 2. The van der Waals surface area contributed by atoms with Gasteiger partial charge in [0.25, 0.3) is 5.91 Å². The summed E-state index contributed by atoms with van der Waals surface area (Å²) in [5, 5.41) is 6.55. The normalized spacial score (nSPS) is 16.5. The number of nitrogens with zero attached hydrogens (tertiary/aromatic N) is 1. The number of amides is 1. The van der Waals surface area contributed by atoms with Crippen LogP contribution >= 0.6 is 0 Å². The van der Waals surface area contributed by atoms with Crippen molar-refractivity contribution < 1.29 is 18.4 Å². The summed E-state index contributed by atoms with van der Waals surface area (Å²) >= 11 is 0. The van der Waals surface area contributed by atoms with Crippen molar-refractivity contribution in [2.24, 2.45) is 5.16 Å². The first-order valence-electron chi connectivity index (χ1n) is 7.54. The number of oxime groups is 1. The third kappa shape index (κ3) is 3.59. The van der Waals surface area contributed by atoms with Crippen molar-refractivity contribution in [1.82, 2.24) is 5.32 Å². The number of rotatable bonds is 4. The Kier molecular flexibility index (Phi) is 4.55. The number of carbonyl (C=O) groups excluding carboxylic acids is 1. The van der Waals surface area contributed by atoms with Gasteiger partial charge in [0.05, 0.1) is 5.71 Å². The van der Waals surface area contributed by atoms with E-state index in [1.54, 1.807) is 31.2 Å². The van der Waals surface area contributed by atoms with Crippen LogP contribution in [0.3, 0.4) is 0 Å². The van der Waals surface area contributed by atoms with E-state index in [4.69, 9.17) is 4.84 Å². The predicted octanol–water partition coefficient (Wildman–Crippen LogP) is 3.08. The van der Waals surface area contributed by atoms with Crippen LogP contribution in [0.2, 0.25) is 0 Å². The topological polar surface area (TPSA) is 50.7 Å². The van der Waals surface area contributed by atoms with E-state index in [9.17, 15) is 13.6 Å². The molecule has 1 heterocycles. The molecule has 0 fully saturated rings. The quantitative estimate of drug-likeness (QED) is 0.936. The third-order valence-corrected chi connectivity index (χ3v) is 3.82. The van der Waals surface area contributed by atoms with Crippen LogP contribution in [0.5, 0.6) is 0 Å². The Labute approximate surface area is 138 Å². The highest BCUT2D eigenvalue weighted by Crippen LogP contribution is 2.18. The summed E-state index contributed by atoms with van der Waals surface area (Å²) in [6.45, 7) is 1.88. The van der Waals surface area contributed by atoms with Gasteiger partial charge < -0.3 is 10.2 Å². The molecule has 24 heavy (non-hydrogen) atoms. The fourth-order valence-corrected chi connectivity index (χ4v) is 2.41. The largest absolute Gasteiger partial charge is 0.382 e. The second kappa shape index (κ2) is 6.78. The highest BCUT2D eigenvalue weighted by atomic mass is 19.1. The fraction of sp³-hybridized carbons (Fsp3) is 0.222. The molecule has 2 aromatic rings. The van der Waals surface area contributed by atoms with Gasteiger partial charge in [0.1, 0.15) is 11.6 Å². The summed E-state index contributed by atoms with van der Waals surface area (Å²) in [4.78, 5) is 17.3. The Balaban J connectivity index is 1.56. The van der Waals surface area contributed by atoms with E-state index in [0.29, 0.717) is 22.4 Å². The molecule has 6 heteroatoms. The molecule has 124 valence electrons. The van der Waals surface area contributed by atoms with Gasteiger partial charge in [0.15, 0.2) is 0 Å². The smallest absolute Gasteiger partial charge is 0.264 e. The Hall–Kier alpha value is -2.76. The maximum absolute atomic E-state index is 13.5. The Morgan fingerprint density at radius 2 is 2.12 bits per heavy atom. The maximum atomic E-state index is 13.5. The molecule has 0 aromatic heterocycles. The van der Waals surface area contributed by atoms with Crippen LogP contribution in [0.25, 0.3) is 0 Å². The van der Waals surface area contributed by atoms with Gasteiger partial charge in [-0.15, -0.1) is 0 Å². The zero-order valence-corrected chi connectivity index (χ0v) is 13.1. The van der Waals surface area contributed by atoms with Crippen molar-refractivity contribution in [2.75, 3.05) is 0 Å². The lowest BCUT2D eigenvalue weighted by Gasteiger charge is -2.10. The highest BCUT2D eigenvalue weighted by molar-refractivity contribution is 6.04. The van der Waals surface area contributed by atoms with Crippen molar-refractivity contribution in [1.29, 1.82) is 0 Å². The van der Waals surface area contributed by atoms with Crippen LogP contribution < -0.4 is 5.32 Å². The fourth-order valence-electron chi connectivity index (χ4n) is 2.41. The highest BCUT2D eigenvalue weighted by Gasteiger charge is 2.28. The lowest BCUT2D eigenvalue weighted by atomic mass is 10.0. The summed E-state index contributed by atoms with van der Waals surface area (Å²) in [6.07, 6.45) is -0.504. The Morgan fingerprint density at radius 1 is 1.29 bits per heavy atom. The van der Waals surface area contributed by atoms with Gasteiger partial charge in [-0.25, -0.2) is 8.78 Å². The Morgan fingerprint density at radius 3 is 2.88 bits per heavy atom. The number of aryl methyl sites for hydroxylation is 1. The van der Waals surface area contributed by atoms with E-state index >= 15 is 0 Å². The van der Waals surface area contributed by atoms with E-state index in [0.717, 1.165) is 0 Å². The van der Waals surface area contributed by atoms with Gasteiger partial charge in [-0.2, -0.15) is 0 Å². The molecule has 1 aliphatic heterocycles. The molecule has 1 amide bonds. The number of hydrogen-bond donors (Lipinski definition) is 1. The summed E-state index contributed by atoms with van der Waals surface area (Å²) in [5.41, 5.74) is 2.33. The third-order valence-electron chi connectivity index (χ3n) is 3.82. The van der Waals surface area contributed by atoms with Gasteiger partial charge in [0, 0.05) is 18.5 Å². The van der Waals surface area contributed by atoms with Crippen LogP contribution in [0.15, 0.2) is 47.6 Å². The predicted molar refractivity (Wildman–Crippen MR) is 85.4 cm³/mol. The summed E-state index contributed by atoms with van der Waals surface area (Å²) in [6, 6.07) is 10.8. The number of carbonyl (C=O) groups is 1. The maximum Gasteiger partial charge on any atom is 0.264 e. The zero-order chi connectivity index (χ0) is 17.1. The van der Waals surface area contributed by atoms with E-state index in [1.165, 1.54) is 18.2 Å². The lowest BCUT2D eigenvalue weighted by molar-refractivity contribution is -0.131. The SMILES string of the molecule is Cc1ccc(CNC(=O)C2CC(c3cccc(F)c3)=NO2)cc1F. The minimum atomic E-state index is -0.765. The van der Waals surface area contributed by atoms with E-state index < -0.39 is 6.10 Å². The van der Waals surface area contributed by atoms with E-state index in [-0.39, 0.29) is 30.5 Å². The minimum Gasteiger partial charge on any atom is -0.382 e. The molecule has 4 nitrogen and oxygen atoms in total. The molecule has 0 saturated heterocycles. The molecular weight excluding hydrogens is 314 g/mol. The molecule has 0 spiro atoms. The minimum absolute atomic E-state index is 0.200. The van der Waals surface area contributed by atoms with Gasteiger partial charge >= 0.3 is 0 Å². The van der Waals surface area contributed by atoms with Crippen molar-refractivity contribution in [3.05, 3.63) is 70.8 Å². The molecule has 0 radical (unpaired) electrons. The summed E-state index contributed by atoms with van der Waals surface area (Å²) in [7, 11) is 0. The number of nitrogens with one attached hydrogen (secondary N) is 1. The molecule has 2 aromatic carbocycles. The average Bonchev–Trinajstić information content (AvgIpc) is 3.06.